The number of rotatable bonds is 3. The van der Waals surface area contributed by atoms with Crippen molar-refractivity contribution >= 4 is 23.1 Å². The zero-order valence-corrected chi connectivity index (χ0v) is 11.7. The first-order valence-corrected chi connectivity index (χ1v) is 7.48. The van der Waals surface area contributed by atoms with Crippen molar-refractivity contribution in [3.8, 4) is 0 Å². The highest BCUT2D eigenvalue weighted by atomic mass is 32.1. The highest BCUT2D eigenvalue weighted by Crippen LogP contribution is 2.36. The summed E-state index contributed by atoms with van der Waals surface area (Å²) in [7, 11) is 0. The van der Waals surface area contributed by atoms with Gasteiger partial charge < -0.3 is 15.7 Å². The van der Waals surface area contributed by atoms with Crippen molar-refractivity contribution in [1.82, 2.24) is 5.32 Å². The third kappa shape index (κ3) is 2.30. The van der Waals surface area contributed by atoms with Gasteiger partial charge in [-0.05, 0) is 35.4 Å². The molecule has 1 unspecified atom stereocenters. The lowest BCUT2D eigenvalue weighted by Gasteiger charge is -2.29. The van der Waals surface area contributed by atoms with Gasteiger partial charge in [0, 0.05) is 5.38 Å². The summed E-state index contributed by atoms with van der Waals surface area (Å²) in [6.07, 6.45) is 1.59. The Balaban J connectivity index is 1.79. The van der Waals surface area contributed by atoms with Gasteiger partial charge in [0.1, 0.15) is 0 Å². The number of aliphatic hydroxyl groups is 1. The number of carbonyl (C=O) groups excluding carboxylic acids is 1. The smallest absolute Gasteiger partial charge is 0.320 e. The van der Waals surface area contributed by atoms with Crippen molar-refractivity contribution in [2.75, 3.05) is 11.9 Å². The molecular weight excluding hydrogens is 272 g/mol. The lowest BCUT2D eigenvalue weighted by Crippen LogP contribution is -2.48. The molecule has 4 nitrogen and oxygen atoms in total. The molecule has 1 aromatic carbocycles. The number of nitrogens with one attached hydrogen (secondary N) is 2. The molecule has 0 radical (unpaired) electrons. The van der Waals surface area contributed by atoms with E-state index in [-0.39, 0.29) is 12.6 Å². The molecule has 2 aromatic rings. The van der Waals surface area contributed by atoms with Crippen molar-refractivity contribution in [2.45, 2.75) is 18.4 Å². The monoisotopic (exact) mass is 288 g/mol. The molecule has 3 rings (SSSR count). The Hall–Kier alpha value is -1.85. The second kappa shape index (κ2) is 5.26. The van der Waals surface area contributed by atoms with E-state index in [0.717, 1.165) is 24.1 Å². The first-order valence-electron chi connectivity index (χ1n) is 6.54. The summed E-state index contributed by atoms with van der Waals surface area (Å²) >= 11 is 1.53. The second-order valence-corrected chi connectivity index (χ2v) is 5.77. The zero-order chi connectivity index (χ0) is 14.0. The van der Waals surface area contributed by atoms with Gasteiger partial charge in [-0.25, -0.2) is 4.79 Å². The van der Waals surface area contributed by atoms with Crippen molar-refractivity contribution in [3.05, 3.63) is 52.2 Å². The number of benzene rings is 1. The summed E-state index contributed by atoms with van der Waals surface area (Å²) in [5, 5.41) is 19.3. The summed E-state index contributed by atoms with van der Waals surface area (Å²) in [6, 6.07) is 9.51. The van der Waals surface area contributed by atoms with Crippen molar-refractivity contribution in [1.29, 1.82) is 0 Å². The number of thiophene rings is 1. The van der Waals surface area contributed by atoms with Crippen LogP contribution in [0.5, 0.6) is 0 Å². The summed E-state index contributed by atoms with van der Waals surface area (Å²) in [5.74, 6) is 0. The topological polar surface area (TPSA) is 61.4 Å². The lowest BCUT2D eigenvalue weighted by atomic mass is 9.93. The number of hydrogen-bond acceptors (Lipinski definition) is 3. The van der Waals surface area contributed by atoms with Crippen molar-refractivity contribution < 1.29 is 9.90 Å². The highest BCUT2D eigenvalue weighted by Gasteiger charge is 2.39. The van der Waals surface area contributed by atoms with Crippen LogP contribution in [0, 0.1) is 0 Å². The Kier molecular flexibility index (Phi) is 3.46. The van der Waals surface area contributed by atoms with Gasteiger partial charge in [-0.2, -0.15) is 11.3 Å². The maximum Gasteiger partial charge on any atom is 0.320 e. The zero-order valence-electron chi connectivity index (χ0n) is 10.9. The highest BCUT2D eigenvalue weighted by molar-refractivity contribution is 7.08. The van der Waals surface area contributed by atoms with Gasteiger partial charge in [0.2, 0.25) is 0 Å². The third-order valence-electron chi connectivity index (χ3n) is 3.76. The van der Waals surface area contributed by atoms with Gasteiger partial charge in [0.15, 0.2) is 0 Å². The molecule has 1 heterocycles. The van der Waals surface area contributed by atoms with Crippen LogP contribution in [0.25, 0.3) is 0 Å². The van der Waals surface area contributed by atoms with E-state index in [9.17, 15) is 9.90 Å². The Bertz CT molecular complexity index is 612. The summed E-state index contributed by atoms with van der Waals surface area (Å²) < 4.78 is 0. The maximum absolute atomic E-state index is 12.1. The molecule has 104 valence electrons. The Morgan fingerprint density at radius 3 is 2.95 bits per heavy atom. The fraction of sp³-hybridized carbons (Fsp3) is 0.267. The Morgan fingerprint density at radius 1 is 1.35 bits per heavy atom. The van der Waals surface area contributed by atoms with E-state index in [0.29, 0.717) is 0 Å². The molecule has 0 aliphatic heterocycles. The lowest BCUT2D eigenvalue weighted by molar-refractivity contribution is 0.164. The number of aliphatic hydroxyl groups excluding tert-OH is 1. The minimum atomic E-state index is -0.670. The van der Waals surface area contributed by atoms with Crippen LogP contribution in [-0.4, -0.2) is 17.7 Å². The minimum absolute atomic E-state index is 0.0962. The van der Waals surface area contributed by atoms with E-state index in [1.807, 2.05) is 41.1 Å². The number of aryl methyl sites for hydroxylation is 1. The van der Waals surface area contributed by atoms with Crippen LogP contribution in [0.15, 0.2) is 41.1 Å². The first kappa shape index (κ1) is 13.1. The minimum Gasteiger partial charge on any atom is -0.394 e. The van der Waals surface area contributed by atoms with Crippen LogP contribution in [0.4, 0.5) is 10.5 Å². The van der Waals surface area contributed by atoms with Crippen LogP contribution < -0.4 is 10.6 Å². The van der Waals surface area contributed by atoms with E-state index in [1.54, 1.807) is 0 Å². The average molecular weight is 288 g/mol. The van der Waals surface area contributed by atoms with E-state index in [2.05, 4.69) is 10.6 Å². The standard InChI is InChI=1S/C15H16N2O2S/c18-10-15(7-5-11-3-1-2-4-13(11)15)17-14(19)16-12-6-8-20-9-12/h1-4,6,8-9,18H,5,7,10H2,(H2,16,17,19). The van der Waals surface area contributed by atoms with Gasteiger partial charge >= 0.3 is 6.03 Å². The van der Waals surface area contributed by atoms with Crippen molar-refractivity contribution in [2.24, 2.45) is 0 Å². The van der Waals surface area contributed by atoms with Gasteiger partial charge in [-0.15, -0.1) is 0 Å². The molecule has 20 heavy (non-hydrogen) atoms. The number of fused-ring (bicyclic) bond motifs is 1. The summed E-state index contributed by atoms with van der Waals surface area (Å²) in [6.45, 7) is -0.0962. The first-order chi connectivity index (χ1) is 9.73. The van der Waals surface area contributed by atoms with Crippen LogP contribution in [-0.2, 0) is 12.0 Å². The number of carbonyl (C=O) groups is 1. The number of anilines is 1. The normalized spacial score (nSPS) is 20.4. The maximum atomic E-state index is 12.1. The second-order valence-electron chi connectivity index (χ2n) is 4.99. The van der Waals surface area contributed by atoms with Gasteiger partial charge in [0.25, 0.3) is 0 Å². The van der Waals surface area contributed by atoms with E-state index in [4.69, 9.17) is 0 Å². The molecule has 1 aliphatic rings. The molecule has 0 saturated heterocycles. The van der Waals surface area contributed by atoms with Gasteiger partial charge in [-0.1, -0.05) is 24.3 Å². The predicted molar refractivity (Wildman–Crippen MR) is 80.0 cm³/mol. The number of urea groups is 1. The van der Waals surface area contributed by atoms with Gasteiger partial charge in [-0.3, -0.25) is 0 Å². The predicted octanol–water partition coefficient (Wildman–Crippen LogP) is 2.70. The molecule has 1 atom stereocenters. The summed E-state index contributed by atoms with van der Waals surface area (Å²) in [5.41, 5.74) is 2.31. The molecule has 3 N–H and O–H groups in total. The SMILES string of the molecule is O=C(Nc1ccsc1)NC1(CO)CCc2ccccc21. The molecule has 2 amide bonds. The number of amides is 2. The average Bonchev–Trinajstić information content (AvgIpc) is 3.08. The summed E-state index contributed by atoms with van der Waals surface area (Å²) in [4.78, 5) is 12.1. The fourth-order valence-corrected chi connectivity index (χ4v) is 3.32. The molecule has 1 aromatic heterocycles. The Morgan fingerprint density at radius 2 is 2.20 bits per heavy atom. The van der Waals surface area contributed by atoms with Crippen LogP contribution in [0.1, 0.15) is 17.5 Å². The molecular formula is C15H16N2O2S. The quantitative estimate of drug-likeness (QED) is 0.813. The molecule has 0 bridgehead atoms. The molecule has 0 fully saturated rings. The Labute approximate surface area is 121 Å². The van der Waals surface area contributed by atoms with Gasteiger partial charge in [0.05, 0.1) is 17.8 Å². The molecule has 5 heteroatoms. The third-order valence-corrected chi connectivity index (χ3v) is 4.44. The van der Waals surface area contributed by atoms with E-state index < -0.39 is 5.54 Å². The van der Waals surface area contributed by atoms with Crippen LogP contribution >= 0.6 is 11.3 Å². The van der Waals surface area contributed by atoms with Crippen LogP contribution in [0.2, 0.25) is 0 Å². The number of hydrogen-bond donors (Lipinski definition) is 3. The van der Waals surface area contributed by atoms with Crippen molar-refractivity contribution in [3.63, 3.8) is 0 Å². The van der Waals surface area contributed by atoms with Crippen LogP contribution in [0.3, 0.4) is 0 Å². The molecule has 0 saturated carbocycles. The largest absolute Gasteiger partial charge is 0.394 e. The molecule has 0 spiro atoms. The molecule has 1 aliphatic carbocycles. The fourth-order valence-electron chi connectivity index (χ4n) is 2.74. The van der Waals surface area contributed by atoms with E-state index >= 15 is 0 Å². The van der Waals surface area contributed by atoms with E-state index in [1.165, 1.54) is 16.9 Å².